The van der Waals surface area contributed by atoms with Crippen molar-refractivity contribution < 1.29 is 9.59 Å². The molecule has 1 aliphatic rings. The molecule has 1 N–H and O–H groups in total. The number of allylic oxidation sites excluding steroid dienone is 1. The molecule has 0 bridgehead atoms. The molecule has 1 fully saturated rings. The Hall–Kier alpha value is -3.90. The molecule has 2 amide bonds. The Morgan fingerprint density at radius 2 is 1.62 bits per heavy atom. The van der Waals surface area contributed by atoms with Crippen LogP contribution in [0.5, 0.6) is 0 Å². The maximum Gasteiger partial charge on any atom is 0.271 e. The van der Waals surface area contributed by atoms with Crippen LogP contribution in [-0.2, 0) is 16.0 Å². The molecule has 2 aromatic rings. The maximum atomic E-state index is 13.2. The summed E-state index contributed by atoms with van der Waals surface area (Å²) in [4.78, 5) is 27.7. The fraction of sp³-hybridized carbons (Fsp3) is 0.217. The average Bonchev–Trinajstić information content (AvgIpc) is 2.75. The Morgan fingerprint density at radius 3 is 2.28 bits per heavy atom. The molecule has 0 aromatic heterocycles. The monoisotopic (exact) mass is 384 g/mol. The van der Waals surface area contributed by atoms with Gasteiger partial charge in [0.05, 0.1) is 23.3 Å². The summed E-state index contributed by atoms with van der Waals surface area (Å²) in [6.45, 7) is 3.40. The van der Waals surface area contributed by atoms with Gasteiger partial charge in [0, 0.05) is 13.5 Å². The third-order valence-electron chi connectivity index (χ3n) is 5.49. The zero-order valence-electron chi connectivity index (χ0n) is 16.5. The molecule has 0 saturated carbocycles. The molecule has 29 heavy (non-hydrogen) atoms. The van der Waals surface area contributed by atoms with Crippen molar-refractivity contribution in [2.24, 2.45) is 0 Å². The van der Waals surface area contributed by atoms with E-state index in [1.165, 1.54) is 4.90 Å². The molecule has 1 atom stereocenters. The van der Waals surface area contributed by atoms with E-state index < -0.39 is 5.54 Å². The Morgan fingerprint density at radius 1 is 1.03 bits per heavy atom. The number of amides is 2. The fourth-order valence-electron chi connectivity index (χ4n) is 3.50. The molecule has 1 heterocycles. The molecular formula is C23H20N4O2. The lowest BCUT2D eigenvalue weighted by Gasteiger charge is -2.42. The summed E-state index contributed by atoms with van der Waals surface area (Å²) in [6.07, 6.45) is 0.214. The second-order valence-corrected chi connectivity index (χ2v) is 7.20. The maximum absolute atomic E-state index is 13.2. The van der Waals surface area contributed by atoms with Gasteiger partial charge in [0.15, 0.2) is 0 Å². The molecule has 6 heteroatoms. The van der Waals surface area contributed by atoms with Crippen molar-refractivity contribution in [3.05, 3.63) is 76.5 Å². The minimum atomic E-state index is -1.15. The average molecular weight is 384 g/mol. The van der Waals surface area contributed by atoms with E-state index in [9.17, 15) is 20.1 Å². The Bertz CT molecular complexity index is 1120. The number of rotatable bonds is 3. The molecule has 0 aliphatic carbocycles. The minimum absolute atomic E-state index is 0.159. The van der Waals surface area contributed by atoms with E-state index in [-0.39, 0.29) is 23.9 Å². The van der Waals surface area contributed by atoms with Crippen LogP contribution < -0.4 is 5.32 Å². The summed E-state index contributed by atoms with van der Waals surface area (Å²) in [6, 6.07) is 18.2. The van der Waals surface area contributed by atoms with Gasteiger partial charge in [0.1, 0.15) is 11.2 Å². The summed E-state index contributed by atoms with van der Waals surface area (Å²) in [5.74, 6) is -0.678. The van der Waals surface area contributed by atoms with Crippen LogP contribution in [0.3, 0.4) is 0 Å². The summed E-state index contributed by atoms with van der Waals surface area (Å²) in [7, 11) is 1.58. The predicted molar refractivity (Wildman–Crippen MR) is 108 cm³/mol. The van der Waals surface area contributed by atoms with Crippen molar-refractivity contribution in [1.82, 2.24) is 10.2 Å². The van der Waals surface area contributed by atoms with Crippen molar-refractivity contribution >= 4 is 17.4 Å². The van der Waals surface area contributed by atoms with Crippen LogP contribution in [0.25, 0.3) is 5.57 Å². The van der Waals surface area contributed by atoms with Gasteiger partial charge in [-0.3, -0.25) is 9.59 Å². The molecular weight excluding hydrogens is 364 g/mol. The number of hydrogen-bond donors (Lipinski definition) is 1. The van der Waals surface area contributed by atoms with E-state index in [1.54, 1.807) is 69.4 Å². The van der Waals surface area contributed by atoms with Gasteiger partial charge in [-0.05, 0) is 42.7 Å². The topological polar surface area (TPSA) is 97.0 Å². The van der Waals surface area contributed by atoms with E-state index in [0.717, 1.165) is 0 Å². The predicted octanol–water partition coefficient (Wildman–Crippen LogP) is 2.75. The Balaban J connectivity index is 2.01. The van der Waals surface area contributed by atoms with Gasteiger partial charge in [-0.2, -0.15) is 10.5 Å². The molecule has 0 spiro atoms. The normalized spacial score (nSPS) is 20.5. The van der Waals surface area contributed by atoms with Crippen molar-refractivity contribution in [1.29, 1.82) is 10.5 Å². The highest BCUT2D eigenvalue weighted by Crippen LogP contribution is 2.30. The zero-order valence-corrected chi connectivity index (χ0v) is 16.5. The first-order valence-corrected chi connectivity index (χ1v) is 9.11. The SMILES string of the molecule is CC(=C1NC(=O)C(C)(Cc2ccccc2C#N)N(C)C1=O)c1ccccc1C#N. The molecule has 3 rings (SSSR count). The van der Waals surface area contributed by atoms with E-state index in [2.05, 4.69) is 17.5 Å². The first kappa shape index (κ1) is 19.9. The van der Waals surface area contributed by atoms with Crippen molar-refractivity contribution in [2.45, 2.75) is 25.8 Å². The first-order chi connectivity index (χ1) is 13.8. The third-order valence-corrected chi connectivity index (χ3v) is 5.49. The highest BCUT2D eigenvalue weighted by atomic mass is 16.2. The van der Waals surface area contributed by atoms with E-state index in [1.807, 2.05) is 0 Å². The lowest BCUT2D eigenvalue weighted by atomic mass is 9.85. The van der Waals surface area contributed by atoms with Gasteiger partial charge in [-0.1, -0.05) is 36.4 Å². The highest BCUT2D eigenvalue weighted by Gasteiger charge is 2.46. The first-order valence-electron chi connectivity index (χ1n) is 9.11. The lowest BCUT2D eigenvalue weighted by molar-refractivity contribution is -0.147. The highest BCUT2D eigenvalue weighted by molar-refractivity contribution is 6.10. The second kappa shape index (κ2) is 7.61. The number of piperazine rings is 1. The number of carbonyl (C=O) groups excluding carboxylic acids is 2. The smallest absolute Gasteiger partial charge is 0.271 e. The lowest BCUT2D eigenvalue weighted by Crippen LogP contribution is -2.64. The Labute approximate surface area is 169 Å². The van der Waals surface area contributed by atoms with Gasteiger partial charge in [-0.25, -0.2) is 0 Å². The number of hydrogen-bond acceptors (Lipinski definition) is 4. The molecule has 6 nitrogen and oxygen atoms in total. The number of likely N-dealkylation sites (N-methyl/N-ethyl adjacent to an activating group) is 1. The van der Waals surface area contributed by atoms with E-state index >= 15 is 0 Å². The molecule has 144 valence electrons. The van der Waals surface area contributed by atoms with E-state index in [0.29, 0.717) is 27.8 Å². The van der Waals surface area contributed by atoms with Crippen LogP contribution in [0.1, 0.15) is 36.1 Å². The van der Waals surface area contributed by atoms with Crippen LogP contribution in [0, 0.1) is 22.7 Å². The standard InChI is InChI=1S/C23H20N4O2/c1-15(19-11-7-6-10-18(19)14-25)20-21(28)27(3)23(2,22(29)26-20)12-16-8-4-5-9-17(16)13-24/h4-11H,12H2,1-3H3,(H,26,29). The van der Waals surface area contributed by atoms with Gasteiger partial charge < -0.3 is 10.2 Å². The summed E-state index contributed by atoms with van der Waals surface area (Å²) in [5, 5.41) is 21.4. The number of nitrogens with one attached hydrogen (secondary N) is 1. The number of benzene rings is 2. The number of nitriles is 2. The third kappa shape index (κ3) is 3.37. The van der Waals surface area contributed by atoms with Gasteiger partial charge in [-0.15, -0.1) is 0 Å². The van der Waals surface area contributed by atoms with Gasteiger partial charge in [0.2, 0.25) is 0 Å². The number of nitrogens with zero attached hydrogens (tertiary/aromatic N) is 3. The summed E-state index contributed by atoms with van der Waals surface area (Å²) < 4.78 is 0. The minimum Gasteiger partial charge on any atom is -0.326 e. The zero-order chi connectivity index (χ0) is 21.2. The van der Waals surface area contributed by atoms with Gasteiger partial charge in [0.25, 0.3) is 11.8 Å². The molecule has 1 unspecified atom stereocenters. The van der Waals surface area contributed by atoms with Crippen molar-refractivity contribution in [2.75, 3.05) is 7.05 Å². The van der Waals surface area contributed by atoms with Gasteiger partial charge >= 0.3 is 0 Å². The van der Waals surface area contributed by atoms with Crippen molar-refractivity contribution in [3.8, 4) is 12.1 Å². The molecule has 0 radical (unpaired) electrons. The largest absolute Gasteiger partial charge is 0.326 e. The second-order valence-electron chi connectivity index (χ2n) is 7.20. The van der Waals surface area contributed by atoms with Crippen LogP contribution in [-0.4, -0.2) is 29.3 Å². The molecule has 1 saturated heterocycles. The summed E-state index contributed by atoms with van der Waals surface area (Å²) in [5.41, 5.74) is 1.75. The fourth-order valence-corrected chi connectivity index (χ4v) is 3.50. The van der Waals surface area contributed by atoms with Crippen LogP contribution in [0.4, 0.5) is 0 Å². The quantitative estimate of drug-likeness (QED) is 0.823. The Kier molecular flexibility index (Phi) is 5.21. The number of carbonyl (C=O) groups is 2. The molecule has 2 aromatic carbocycles. The molecule has 1 aliphatic heterocycles. The van der Waals surface area contributed by atoms with Crippen LogP contribution >= 0.6 is 0 Å². The summed E-state index contributed by atoms with van der Waals surface area (Å²) >= 11 is 0. The van der Waals surface area contributed by atoms with Crippen LogP contribution in [0.2, 0.25) is 0 Å². The van der Waals surface area contributed by atoms with Crippen LogP contribution in [0.15, 0.2) is 54.2 Å². The van der Waals surface area contributed by atoms with E-state index in [4.69, 9.17) is 0 Å². The van der Waals surface area contributed by atoms with Crippen molar-refractivity contribution in [3.63, 3.8) is 0 Å².